The van der Waals surface area contributed by atoms with Crippen LogP contribution in [0.3, 0.4) is 0 Å². The van der Waals surface area contributed by atoms with E-state index in [1.807, 2.05) is 71.9 Å². The molecular formula is C26H42O. The van der Waals surface area contributed by atoms with Crippen molar-refractivity contribution >= 4 is 10.8 Å². The van der Waals surface area contributed by atoms with Crippen LogP contribution in [0.25, 0.3) is 10.8 Å². The maximum Gasteiger partial charge on any atom is 0.118 e. The average Bonchev–Trinajstić information content (AvgIpc) is 2.79. The highest BCUT2D eigenvalue weighted by molar-refractivity contribution is 5.81. The van der Waals surface area contributed by atoms with Gasteiger partial charge in [0, 0.05) is 0 Å². The van der Waals surface area contributed by atoms with Crippen LogP contribution >= 0.6 is 0 Å². The molecular weight excluding hydrogens is 328 g/mol. The van der Waals surface area contributed by atoms with E-state index in [1.54, 1.807) is 7.11 Å². The van der Waals surface area contributed by atoms with Crippen molar-refractivity contribution in [3.05, 3.63) is 78.9 Å². The molecule has 0 radical (unpaired) electrons. The molecule has 0 fully saturated rings. The molecule has 3 aromatic carbocycles. The highest BCUT2D eigenvalue weighted by Crippen LogP contribution is 2.11. The maximum atomic E-state index is 4.91. The SMILES string of the molecule is CC.CC.CC.CCC.COc1ccccc1.c1ccc2ccccc2c1. The number of hydrogen-bond donors (Lipinski definition) is 0. The maximum absolute atomic E-state index is 4.91. The molecule has 152 valence electrons. The molecule has 0 amide bonds. The zero-order valence-corrected chi connectivity index (χ0v) is 19.1. The Bertz CT molecular complexity index is 537. The van der Waals surface area contributed by atoms with Gasteiger partial charge in [0.15, 0.2) is 0 Å². The minimum Gasteiger partial charge on any atom is -0.497 e. The monoisotopic (exact) mass is 370 g/mol. The molecule has 0 aliphatic heterocycles. The predicted octanol–water partition coefficient (Wildman–Crippen LogP) is 9.03. The first-order chi connectivity index (χ1) is 13.3. The summed E-state index contributed by atoms with van der Waals surface area (Å²) in [5.41, 5.74) is 0. The van der Waals surface area contributed by atoms with Crippen molar-refractivity contribution in [2.75, 3.05) is 7.11 Å². The first-order valence-corrected chi connectivity index (χ1v) is 10.3. The van der Waals surface area contributed by atoms with Gasteiger partial charge < -0.3 is 4.74 Å². The van der Waals surface area contributed by atoms with Gasteiger partial charge in [-0.2, -0.15) is 0 Å². The Balaban J connectivity index is -0.000000305. The lowest BCUT2D eigenvalue weighted by Gasteiger charge is -1.93. The Kier molecular flexibility index (Phi) is 28.3. The number of para-hydroxylation sites is 1. The number of hydrogen-bond acceptors (Lipinski definition) is 1. The van der Waals surface area contributed by atoms with Crippen LogP contribution < -0.4 is 4.74 Å². The molecule has 0 spiro atoms. The third kappa shape index (κ3) is 16.9. The first-order valence-electron chi connectivity index (χ1n) is 10.3. The standard InChI is InChI=1S/C10H8.C7H8O.C3H8.3C2H6/c1-2-6-10-8-4-3-7-9(10)5-1;1-8-7-5-3-2-4-6-7;1-3-2;3*1-2/h1-8H;2-6H,1H3;3H2,1-2H3;3*1-2H3. The van der Waals surface area contributed by atoms with Crippen LogP contribution in [0.4, 0.5) is 0 Å². The molecule has 0 saturated carbocycles. The molecule has 27 heavy (non-hydrogen) atoms. The van der Waals surface area contributed by atoms with Gasteiger partial charge in [-0.15, -0.1) is 0 Å². The fraction of sp³-hybridized carbons (Fsp3) is 0.385. The third-order valence-electron chi connectivity index (χ3n) is 2.64. The van der Waals surface area contributed by atoms with Crippen molar-refractivity contribution in [1.29, 1.82) is 0 Å². The molecule has 0 bridgehead atoms. The summed E-state index contributed by atoms with van der Waals surface area (Å²) in [5, 5.41) is 2.62. The summed E-state index contributed by atoms with van der Waals surface area (Å²) in [6.45, 7) is 16.2. The molecule has 0 atom stereocenters. The molecule has 0 aliphatic carbocycles. The Morgan fingerprint density at radius 3 is 1.00 bits per heavy atom. The van der Waals surface area contributed by atoms with E-state index in [0.717, 1.165) is 5.75 Å². The minimum atomic E-state index is 0.910. The van der Waals surface area contributed by atoms with Crippen molar-refractivity contribution in [3.8, 4) is 5.75 Å². The number of methoxy groups -OCH3 is 1. The van der Waals surface area contributed by atoms with Crippen molar-refractivity contribution in [1.82, 2.24) is 0 Å². The normalized spacial score (nSPS) is 7.59. The Hall–Kier alpha value is -2.28. The number of ether oxygens (including phenoxy) is 1. The van der Waals surface area contributed by atoms with Gasteiger partial charge in [-0.3, -0.25) is 0 Å². The second-order valence-corrected chi connectivity index (χ2v) is 4.57. The van der Waals surface area contributed by atoms with E-state index >= 15 is 0 Å². The van der Waals surface area contributed by atoms with Crippen molar-refractivity contribution in [2.45, 2.75) is 61.8 Å². The van der Waals surface area contributed by atoms with Crippen LogP contribution in [0.5, 0.6) is 5.75 Å². The van der Waals surface area contributed by atoms with Gasteiger partial charge in [0.1, 0.15) is 5.75 Å². The van der Waals surface area contributed by atoms with Crippen molar-refractivity contribution in [3.63, 3.8) is 0 Å². The van der Waals surface area contributed by atoms with E-state index in [2.05, 4.69) is 62.4 Å². The fourth-order valence-electron chi connectivity index (χ4n) is 1.69. The highest BCUT2D eigenvalue weighted by Gasteiger charge is 1.85. The smallest absolute Gasteiger partial charge is 0.118 e. The zero-order valence-electron chi connectivity index (χ0n) is 19.1. The van der Waals surface area contributed by atoms with Crippen LogP contribution in [0.2, 0.25) is 0 Å². The number of rotatable bonds is 1. The summed E-state index contributed by atoms with van der Waals surface area (Å²) in [6, 6.07) is 26.4. The van der Waals surface area contributed by atoms with Crippen LogP contribution in [-0.2, 0) is 0 Å². The van der Waals surface area contributed by atoms with Gasteiger partial charge in [-0.1, -0.05) is 129 Å². The fourth-order valence-corrected chi connectivity index (χ4v) is 1.69. The molecule has 0 N–H and O–H groups in total. The van der Waals surface area contributed by atoms with Gasteiger partial charge in [0.05, 0.1) is 7.11 Å². The molecule has 3 aromatic rings. The third-order valence-corrected chi connectivity index (χ3v) is 2.64. The van der Waals surface area contributed by atoms with E-state index in [0.29, 0.717) is 0 Å². The summed E-state index contributed by atoms with van der Waals surface area (Å²) >= 11 is 0. The largest absolute Gasteiger partial charge is 0.497 e. The molecule has 0 unspecified atom stereocenters. The minimum absolute atomic E-state index is 0.910. The second-order valence-electron chi connectivity index (χ2n) is 4.57. The number of benzene rings is 3. The molecule has 3 rings (SSSR count). The quantitative estimate of drug-likeness (QED) is 0.415. The van der Waals surface area contributed by atoms with Gasteiger partial charge >= 0.3 is 0 Å². The van der Waals surface area contributed by atoms with E-state index < -0.39 is 0 Å². The molecule has 0 aliphatic rings. The van der Waals surface area contributed by atoms with Crippen LogP contribution in [0, 0.1) is 0 Å². The van der Waals surface area contributed by atoms with E-state index in [9.17, 15) is 0 Å². The van der Waals surface area contributed by atoms with Gasteiger partial charge in [-0.25, -0.2) is 0 Å². The van der Waals surface area contributed by atoms with E-state index in [1.165, 1.54) is 17.2 Å². The first kappa shape index (κ1) is 29.5. The van der Waals surface area contributed by atoms with Gasteiger partial charge in [-0.05, 0) is 22.9 Å². The Labute approximate surface area is 169 Å². The van der Waals surface area contributed by atoms with Gasteiger partial charge in [0.2, 0.25) is 0 Å². The summed E-state index contributed by atoms with van der Waals surface area (Å²) in [6.07, 6.45) is 1.25. The molecule has 0 heterocycles. The zero-order chi connectivity index (χ0) is 21.3. The van der Waals surface area contributed by atoms with Gasteiger partial charge in [0.25, 0.3) is 0 Å². The van der Waals surface area contributed by atoms with E-state index in [4.69, 9.17) is 4.74 Å². The Morgan fingerprint density at radius 2 is 0.778 bits per heavy atom. The average molecular weight is 371 g/mol. The van der Waals surface area contributed by atoms with Crippen molar-refractivity contribution in [2.24, 2.45) is 0 Å². The second kappa shape index (κ2) is 26.0. The van der Waals surface area contributed by atoms with Crippen molar-refractivity contribution < 1.29 is 4.74 Å². The summed E-state index contributed by atoms with van der Waals surface area (Å²) in [7, 11) is 1.66. The summed E-state index contributed by atoms with van der Waals surface area (Å²) in [4.78, 5) is 0. The highest BCUT2D eigenvalue weighted by atomic mass is 16.5. The molecule has 0 aromatic heterocycles. The molecule has 1 nitrogen and oxygen atoms in total. The lowest BCUT2D eigenvalue weighted by molar-refractivity contribution is 0.415. The van der Waals surface area contributed by atoms with Crippen LogP contribution in [-0.4, -0.2) is 7.11 Å². The predicted molar refractivity (Wildman–Crippen MR) is 127 cm³/mol. The van der Waals surface area contributed by atoms with E-state index in [-0.39, 0.29) is 0 Å². The topological polar surface area (TPSA) is 9.23 Å². The van der Waals surface area contributed by atoms with Crippen LogP contribution in [0.1, 0.15) is 61.8 Å². The lowest BCUT2D eigenvalue weighted by atomic mass is 10.1. The van der Waals surface area contributed by atoms with Crippen LogP contribution in [0.15, 0.2) is 78.9 Å². The summed E-state index contributed by atoms with van der Waals surface area (Å²) in [5.74, 6) is 0.910. The molecule has 0 saturated heterocycles. The Morgan fingerprint density at radius 1 is 0.519 bits per heavy atom. The lowest BCUT2D eigenvalue weighted by Crippen LogP contribution is -1.78. The summed E-state index contributed by atoms with van der Waals surface area (Å²) < 4.78 is 4.91. The molecule has 1 heteroatoms. The number of fused-ring (bicyclic) bond motifs is 1.